The van der Waals surface area contributed by atoms with E-state index in [1.54, 1.807) is 6.07 Å². The van der Waals surface area contributed by atoms with Crippen LogP contribution < -0.4 is 5.73 Å². The summed E-state index contributed by atoms with van der Waals surface area (Å²) < 4.78 is 2.00. The molecule has 0 radical (unpaired) electrons. The number of hydrogen-bond donors (Lipinski definition) is 1. The van der Waals surface area contributed by atoms with Crippen molar-refractivity contribution in [2.45, 2.75) is 19.9 Å². The summed E-state index contributed by atoms with van der Waals surface area (Å²) in [5.41, 5.74) is 11.8. The van der Waals surface area contributed by atoms with Gasteiger partial charge in [-0.3, -0.25) is 0 Å². The highest BCUT2D eigenvalue weighted by atomic mass is 35.5. The van der Waals surface area contributed by atoms with Crippen LogP contribution in [0, 0.1) is 18.3 Å². The zero-order chi connectivity index (χ0) is 17.1. The second kappa shape index (κ2) is 6.82. The van der Waals surface area contributed by atoms with E-state index in [0.29, 0.717) is 29.4 Å². The Balaban J connectivity index is 1.98. The Morgan fingerprint density at radius 3 is 2.50 bits per heavy atom. The standard InChI is InChI=1S/C20H18ClN3/c1-14-3-2-4-16(9-14)13-24-18(12-22)11-19(23)20(24)10-15-5-7-17(21)8-6-15/h2-9,11H,10,13,23H2,1H3. The number of nitrogens with two attached hydrogens (primary N) is 1. The third kappa shape index (κ3) is 3.45. The highest BCUT2D eigenvalue weighted by Crippen LogP contribution is 2.24. The minimum atomic E-state index is 0.581. The third-order valence-corrected chi connectivity index (χ3v) is 4.32. The summed E-state index contributed by atoms with van der Waals surface area (Å²) >= 11 is 5.95. The van der Waals surface area contributed by atoms with Crippen molar-refractivity contribution in [3.05, 3.63) is 87.7 Å². The minimum absolute atomic E-state index is 0.581. The zero-order valence-corrected chi connectivity index (χ0v) is 14.2. The lowest BCUT2D eigenvalue weighted by Crippen LogP contribution is -2.08. The summed E-state index contributed by atoms with van der Waals surface area (Å²) in [4.78, 5) is 0. The number of nitrogens with zero attached hydrogens (tertiary/aromatic N) is 2. The van der Waals surface area contributed by atoms with Gasteiger partial charge in [0.25, 0.3) is 0 Å². The van der Waals surface area contributed by atoms with Crippen LogP contribution in [0.15, 0.2) is 54.6 Å². The van der Waals surface area contributed by atoms with Crippen molar-refractivity contribution in [3.8, 4) is 6.07 Å². The largest absolute Gasteiger partial charge is 0.397 e. The Kier molecular flexibility index (Phi) is 4.59. The number of benzene rings is 2. The summed E-state index contributed by atoms with van der Waals surface area (Å²) in [6, 6.07) is 20.0. The number of aryl methyl sites for hydroxylation is 1. The van der Waals surface area contributed by atoms with Crippen LogP contribution in [0.5, 0.6) is 0 Å². The fourth-order valence-electron chi connectivity index (χ4n) is 2.87. The number of rotatable bonds is 4. The summed E-state index contributed by atoms with van der Waals surface area (Å²) in [6.45, 7) is 2.69. The fourth-order valence-corrected chi connectivity index (χ4v) is 3.00. The van der Waals surface area contributed by atoms with Crippen molar-refractivity contribution in [2.75, 3.05) is 5.73 Å². The van der Waals surface area contributed by atoms with Crippen LogP contribution in [0.3, 0.4) is 0 Å². The van der Waals surface area contributed by atoms with Gasteiger partial charge < -0.3 is 10.3 Å². The lowest BCUT2D eigenvalue weighted by atomic mass is 10.1. The Bertz CT molecular complexity index is 902. The van der Waals surface area contributed by atoms with E-state index in [1.165, 1.54) is 5.56 Å². The fraction of sp³-hybridized carbons (Fsp3) is 0.150. The van der Waals surface area contributed by atoms with Crippen LogP contribution in [0.1, 0.15) is 28.1 Å². The molecule has 0 fully saturated rings. The van der Waals surface area contributed by atoms with Crippen LogP contribution >= 0.6 is 11.6 Å². The second-order valence-electron chi connectivity index (χ2n) is 5.92. The molecule has 4 heteroatoms. The van der Waals surface area contributed by atoms with Gasteiger partial charge in [-0.1, -0.05) is 53.6 Å². The van der Waals surface area contributed by atoms with Crippen molar-refractivity contribution in [1.29, 1.82) is 5.26 Å². The van der Waals surface area contributed by atoms with Crippen molar-refractivity contribution >= 4 is 17.3 Å². The number of halogens is 1. The summed E-state index contributed by atoms with van der Waals surface area (Å²) in [5.74, 6) is 0. The second-order valence-corrected chi connectivity index (χ2v) is 6.36. The van der Waals surface area contributed by atoms with Crippen LogP contribution in [0.2, 0.25) is 5.02 Å². The monoisotopic (exact) mass is 335 g/mol. The molecule has 0 saturated heterocycles. The Morgan fingerprint density at radius 1 is 1.08 bits per heavy atom. The molecule has 0 amide bonds. The van der Waals surface area contributed by atoms with Gasteiger partial charge in [-0.15, -0.1) is 0 Å². The smallest absolute Gasteiger partial charge is 0.122 e. The maximum absolute atomic E-state index is 9.45. The first-order chi connectivity index (χ1) is 11.6. The molecular weight excluding hydrogens is 318 g/mol. The van der Waals surface area contributed by atoms with E-state index in [-0.39, 0.29) is 0 Å². The number of nitrogen functional groups attached to an aromatic ring is 1. The van der Waals surface area contributed by atoms with E-state index in [0.717, 1.165) is 16.8 Å². The molecule has 1 heterocycles. The first-order valence-corrected chi connectivity index (χ1v) is 8.12. The van der Waals surface area contributed by atoms with E-state index in [4.69, 9.17) is 17.3 Å². The molecule has 120 valence electrons. The molecule has 0 unspecified atom stereocenters. The molecule has 2 N–H and O–H groups in total. The van der Waals surface area contributed by atoms with E-state index >= 15 is 0 Å². The first-order valence-electron chi connectivity index (χ1n) is 7.75. The van der Waals surface area contributed by atoms with Crippen LogP contribution in [0.25, 0.3) is 0 Å². The normalized spacial score (nSPS) is 10.5. The van der Waals surface area contributed by atoms with Gasteiger partial charge in [0.1, 0.15) is 11.8 Å². The van der Waals surface area contributed by atoms with Gasteiger partial charge in [0, 0.05) is 23.7 Å². The van der Waals surface area contributed by atoms with Crippen molar-refractivity contribution < 1.29 is 0 Å². The zero-order valence-electron chi connectivity index (χ0n) is 13.5. The maximum atomic E-state index is 9.45. The van der Waals surface area contributed by atoms with Crippen LogP contribution in [-0.4, -0.2) is 4.57 Å². The van der Waals surface area contributed by atoms with Gasteiger partial charge in [0.05, 0.1) is 5.69 Å². The first kappa shape index (κ1) is 16.2. The molecule has 0 aliphatic heterocycles. The lowest BCUT2D eigenvalue weighted by molar-refractivity contribution is 0.749. The molecule has 0 aliphatic carbocycles. The van der Waals surface area contributed by atoms with E-state index < -0.39 is 0 Å². The van der Waals surface area contributed by atoms with Crippen LogP contribution in [-0.2, 0) is 13.0 Å². The number of anilines is 1. The molecule has 0 saturated carbocycles. The van der Waals surface area contributed by atoms with E-state index in [2.05, 4.69) is 31.2 Å². The van der Waals surface area contributed by atoms with Crippen molar-refractivity contribution in [3.63, 3.8) is 0 Å². The number of aromatic nitrogens is 1. The van der Waals surface area contributed by atoms with Gasteiger partial charge in [0.2, 0.25) is 0 Å². The molecule has 0 atom stereocenters. The predicted molar refractivity (Wildman–Crippen MR) is 98.1 cm³/mol. The lowest BCUT2D eigenvalue weighted by Gasteiger charge is -2.12. The van der Waals surface area contributed by atoms with Crippen LogP contribution in [0.4, 0.5) is 5.69 Å². The minimum Gasteiger partial charge on any atom is -0.397 e. The molecule has 3 rings (SSSR count). The quantitative estimate of drug-likeness (QED) is 0.760. The number of nitriles is 1. The Hall–Kier alpha value is -2.70. The average molecular weight is 336 g/mol. The SMILES string of the molecule is Cc1cccc(Cn2c(C#N)cc(N)c2Cc2ccc(Cl)cc2)c1. The summed E-state index contributed by atoms with van der Waals surface area (Å²) in [5, 5.41) is 10.2. The predicted octanol–water partition coefficient (Wildman–Crippen LogP) is 4.54. The van der Waals surface area contributed by atoms with Crippen molar-refractivity contribution in [1.82, 2.24) is 4.57 Å². The molecule has 24 heavy (non-hydrogen) atoms. The topological polar surface area (TPSA) is 54.7 Å². The van der Waals surface area contributed by atoms with E-state index in [1.807, 2.05) is 34.9 Å². The third-order valence-electron chi connectivity index (χ3n) is 4.06. The van der Waals surface area contributed by atoms with Gasteiger partial charge >= 0.3 is 0 Å². The highest BCUT2D eigenvalue weighted by molar-refractivity contribution is 6.30. The van der Waals surface area contributed by atoms with E-state index in [9.17, 15) is 5.26 Å². The highest BCUT2D eigenvalue weighted by Gasteiger charge is 2.14. The average Bonchev–Trinajstić information content (AvgIpc) is 2.85. The summed E-state index contributed by atoms with van der Waals surface area (Å²) in [6.07, 6.45) is 0.663. The number of hydrogen-bond acceptors (Lipinski definition) is 2. The maximum Gasteiger partial charge on any atom is 0.122 e. The molecule has 3 nitrogen and oxygen atoms in total. The Labute approximate surface area is 146 Å². The van der Waals surface area contributed by atoms with Gasteiger partial charge in [-0.2, -0.15) is 5.26 Å². The molecule has 0 spiro atoms. The Morgan fingerprint density at radius 2 is 1.83 bits per heavy atom. The molecular formula is C20H18ClN3. The van der Waals surface area contributed by atoms with Gasteiger partial charge in [0.15, 0.2) is 0 Å². The molecule has 2 aromatic carbocycles. The van der Waals surface area contributed by atoms with Gasteiger partial charge in [-0.05, 0) is 36.2 Å². The molecule has 1 aromatic heterocycles. The van der Waals surface area contributed by atoms with Crippen molar-refractivity contribution in [2.24, 2.45) is 0 Å². The summed E-state index contributed by atoms with van der Waals surface area (Å²) in [7, 11) is 0. The molecule has 0 aliphatic rings. The molecule has 0 bridgehead atoms. The van der Waals surface area contributed by atoms with Gasteiger partial charge in [-0.25, -0.2) is 0 Å². The molecule has 3 aromatic rings.